The molecule has 0 fully saturated rings. The first-order chi connectivity index (χ1) is 16.2. The largest absolute Gasteiger partial charge is 0.0685 e. The predicted molar refractivity (Wildman–Crippen MR) is 156 cm³/mol. The van der Waals surface area contributed by atoms with Gasteiger partial charge in [0.25, 0.3) is 0 Å². The summed E-state index contributed by atoms with van der Waals surface area (Å²) in [5.74, 6) is 0. The van der Waals surface area contributed by atoms with Crippen molar-refractivity contribution in [1.82, 2.24) is 0 Å². The van der Waals surface area contributed by atoms with E-state index in [9.17, 15) is 0 Å². The van der Waals surface area contributed by atoms with E-state index in [2.05, 4.69) is 127 Å². The average molecular weight is 463 g/mol. The molecular weight excluding hydrogens is 424 g/mol. The second kappa shape index (κ2) is 8.54. The zero-order valence-corrected chi connectivity index (χ0v) is 22.8. The second-order valence-electron chi connectivity index (χ2n) is 11.4. The van der Waals surface area contributed by atoms with Gasteiger partial charge in [0.05, 0.1) is 8.07 Å². The van der Waals surface area contributed by atoms with Gasteiger partial charge in [0.1, 0.15) is 0 Å². The highest BCUT2D eigenvalue weighted by Gasteiger charge is 2.47. The second-order valence-corrected chi connectivity index (χ2v) is 17.7. The molecule has 5 aromatic rings. The molecule has 5 rings (SSSR count). The molecule has 0 aromatic heterocycles. The van der Waals surface area contributed by atoms with Crippen LogP contribution in [-0.4, -0.2) is 8.07 Å². The summed E-state index contributed by atoms with van der Waals surface area (Å²) >= 11 is 0. The molecule has 0 saturated heterocycles. The van der Waals surface area contributed by atoms with Crippen LogP contribution in [0.4, 0.5) is 0 Å². The van der Waals surface area contributed by atoms with Crippen LogP contribution in [0.25, 0.3) is 43.1 Å². The van der Waals surface area contributed by atoms with Crippen LogP contribution in [0.15, 0.2) is 78.9 Å². The third-order valence-electron chi connectivity index (χ3n) is 8.91. The SMILES string of the molecule is CC(C)[Si](C(C)C)(C(C)C)C(C)c1cccc2cc3cc4cc5ccccc5cc4cc3cc12. The summed E-state index contributed by atoms with van der Waals surface area (Å²) in [6, 6.07) is 30.0. The van der Waals surface area contributed by atoms with Gasteiger partial charge < -0.3 is 0 Å². The van der Waals surface area contributed by atoms with E-state index in [1.54, 1.807) is 5.56 Å². The van der Waals surface area contributed by atoms with Crippen molar-refractivity contribution >= 4 is 51.2 Å². The van der Waals surface area contributed by atoms with Gasteiger partial charge in [-0.15, -0.1) is 0 Å². The maximum absolute atomic E-state index is 2.54. The third-order valence-corrected chi connectivity index (χ3v) is 16.7. The molecule has 1 heteroatoms. The van der Waals surface area contributed by atoms with Crippen molar-refractivity contribution < 1.29 is 0 Å². The van der Waals surface area contributed by atoms with E-state index in [4.69, 9.17) is 0 Å². The van der Waals surface area contributed by atoms with Crippen molar-refractivity contribution in [2.24, 2.45) is 0 Å². The van der Waals surface area contributed by atoms with Gasteiger partial charge in [0.15, 0.2) is 0 Å². The summed E-state index contributed by atoms with van der Waals surface area (Å²) in [7, 11) is -1.63. The topological polar surface area (TPSA) is 0 Å². The molecule has 0 aliphatic rings. The highest BCUT2D eigenvalue weighted by atomic mass is 28.3. The minimum absolute atomic E-state index is 0.609. The lowest BCUT2D eigenvalue weighted by Gasteiger charge is -2.48. The minimum Gasteiger partial charge on any atom is -0.0651 e. The van der Waals surface area contributed by atoms with E-state index in [0.29, 0.717) is 5.54 Å². The van der Waals surface area contributed by atoms with E-state index < -0.39 is 8.07 Å². The monoisotopic (exact) mass is 462 g/mol. The highest BCUT2D eigenvalue weighted by Crippen LogP contribution is 2.51. The third kappa shape index (κ3) is 3.48. The lowest BCUT2D eigenvalue weighted by Crippen LogP contribution is -2.49. The Morgan fingerprint density at radius 2 is 0.853 bits per heavy atom. The normalized spacial score (nSPS) is 13.8. The van der Waals surface area contributed by atoms with Crippen LogP contribution in [0.2, 0.25) is 16.6 Å². The van der Waals surface area contributed by atoms with E-state index in [1.165, 1.54) is 43.1 Å². The van der Waals surface area contributed by atoms with Crippen molar-refractivity contribution in [2.45, 2.75) is 70.6 Å². The molecule has 34 heavy (non-hydrogen) atoms. The molecule has 0 heterocycles. The summed E-state index contributed by atoms with van der Waals surface area (Å²) in [4.78, 5) is 0. The lowest BCUT2D eigenvalue weighted by atomic mass is 9.95. The van der Waals surface area contributed by atoms with E-state index >= 15 is 0 Å². The van der Waals surface area contributed by atoms with Gasteiger partial charge in [-0.3, -0.25) is 0 Å². The Morgan fingerprint density at radius 3 is 1.35 bits per heavy atom. The minimum atomic E-state index is -1.63. The van der Waals surface area contributed by atoms with Gasteiger partial charge in [-0.1, -0.05) is 108 Å². The zero-order chi connectivity index (χ0) is 24.2. The van der Waals surface area contributed by atoms with Gasteiger partial charge in [0.2, 0.25) is 0 Å². The molecule has 1 atom stereocenters. The zero-order valence-electron chi connectivity index (χ0n) is 21.8. The Labute approximate surface area is 206 Å². The molecule has 0 spiro atoms. The van der Waals surface area contributed by atoms with Crippen molar-refractivity contribution in [3.05, 3.63) is 84.4 Å². The first-order valence-corrected chi connectivity index (χ1v) is 15.3. The molecule has 0 saturated carbocycles. The van der Waals surface area contributed by atoms with Gasteiger partial charge in [-0.2, -0.15) is 0 Å². The van der Waals surface area contributed by atoms with E-state index in [-0.39, 0.29) is 0 Å². The predicted octanol–water partition coefficient (Wildman–Crippen LogP) is 10.6. The molecule has 0 bridgehead atoms. The Kier molecular flexibility index (Phi) is 5.80. The summed E-state index contributed by atoms with van der Waals surface area (Å²) in [6.07, 6.45) is 0. The van der Waals surface area contributed by atoms with Crippen molar-refractivity contribution in [3.63, 3.8) is 0 Å². The summed E-state index contributed by atoms with van der Waals surface area (Å²) in [6.45, 7) is 17.5. The van der Waals surface area contributed by atoms with Crippen LogP contribution < -0.4 is 0 Å². The fourth-order valence-corrected chi connectivity index (χ4v) is 15.4. The fraction of sp³-hybridized carbons (Fsp3) is 0.333. The number of hydrogen-bond donors (Lipinski definition) is 0. The average Bonchev–Trinajstić information content (AvgIpc) is 2.79. The van der Waals surface area contributed by atoms with Crippen LogP contribution >= 0.6 is 0 Å². The summed E-state index contributed by atoms with van der Waals surface area (Å²) in [5, 5.41) is 10.8. The van der Waals surface area contributed by atoms with Gasteiger partial charge in [-0.25, -0.2) is 0 Å². The molecular formula is C33H38Si. The molecule has 0 nitrogen and oxygen atoms in total. The Hall–Kier alpha value is -2.64. The molecule has 174 valence electrons. The molecule has 0 aliphatic heterocycles. The number of fused-ring (bicyclic) bond motifs is 4. The molecule has 0 amide bonds. The smallest absolute Gasteiger partial charge is 0.0651 e. The standard InChI is InChI=1S/C33H38Si/c1-21(2)34(22(3)4,23(5)6)24(7)32-14-10-13-27-17-30-18-28-15-25-11-8-9-12-26(25)16-29(28)19-31(30)20-33(27)32/h8-24H,1-7H3. The quantitative estimate of drug-likeness (QED) is 0.180. The number of hydrogen-bond acceptors (Lipinski definition) is 0. The van der Waals surface area contributed by atoms with Gasteiger partial charge in [-0.05, 0) is 90.6 Å². The number of benzene rings is 5. The first kappa shape index (κ1) is 23.1. The Bertz CT molecular complexity index is 1480. The molecule has 0 radical (unpaired) electrons. The first-order valence-electron chi connectivity index (χ1n) is 13.0. The highest BCUT2D eigenvalue weighted by molar-refractivity contribution is 6.84. The molecule has 0 N–H and O–H groups in total. The Morgan fingerprint density at radius 1 is 0.441 bits per heavy atom. The summed E-state index contributed by atoms with van der Waals surface area (Å²) < 4.78 is 0. The van der Waals surface area contributed by atoms with Crippen LogP contribution in [-0.2, 0) is 0 Å². The lowest BCUT2D eigenvalue weighted by molar-refractivity contribution is 0.755. The van der Waals surface area contributed by atoms with E-state index in [1.807, 2.05) is 0 Å². The molecule has 0 aliphatic carbocycles. The molecule has 5 aromatic carbocycles. The van der Waals surface area contributed by atoms with Gasteiger partial charge >= 0.3 is 0 Å². The van der Waals surface area contributed by atoms with Gasteiger partial charge in [0, 0.05) is 0 Å². The summed E-state index contributed by atoms with van der Waals surface area (Å²) in [5.41, 5.74) is 4.40. The van der Waals surface area contributed by atoms with Crippen LogP contribution in [0, 0.1) is 0 Å². The van der Waals surface area contributed by atoms with E-state index in [0.717, 1.165) is 16.6 Å². The Balaban J connectivity index is 1.75. The fourth-order valence-electron chi connectivity index (χ4n) is 7.64. The number of rotatable bonds is 5. The maximum atomic E-state index is 2.54. The van der Waals surface area contributed by atoms with Crippen molar-refractivity contribution in [1.29, 1.82) is 0 Å². The maximum Gasteiger partial charge on any atom is 0.0685 e. The molecule has 1 unspecified atom stereocenters. The van der Waals surface area contributed by atoms with Crippen LogP contribution in [0.1, 0.15) is 59.6 Å². The van der Waals surface area contributed by atoms with Crippen molar-refractivity contribution in [3.8, 4) is 0 Å². The van der Waals surface area contributed by atoms with Crippen LogP contribution in [0.3, 0.4) is 0 Å². The van der Waals surface area contributed by atoms with Crippen LogP contribution in [0.5, 0.6) is 0 Å². The van der Waals surface area contributed by atoms with Crippen molar-refractivity contribution in [2.75, 3.05) is 0 Å².